The fourth-order valence-corrected chi connectivity index (χ4v) is 3.21. The second-order valence-electron chi connectivity index (χ2n) is 6.63. The minimum absolute atomic E-state index is 0.133. The molecule has 0 aliphatic carbocycles. The van der Waals surface area contributed by atoms with Gasteiger partial charge in [-0.3, -0.25) is 4.79 Å². The van der Waals surface area contributed by atoms with Gasteiger partial charge in [-0.05, 0) is 48.1 Å². The van der Waals surface area contributed by atoms with Gasteiger partial charge in [-0.2, -0.15) is 0 Å². The first-order valence-corrected chi connectivity index (χ1v) is 9.02. The van der Waals surface area contributed by atoms with Gasteiger partial charge in [-0.25, -0.2) is 0 Å². The van der Waals surface area contributed by atoms with Crippen molar-refractivity contribution < 1.29 is 4.79 Å². The van der Waals surface area contributed by atoms with Gasteiger partial charge in [0.2, 0.25) is 5.91 Å². The molecule has 0 heterocycles. The highest BCUT2D eigenvalue weighted by molar-refractivity contribution is 5.86. The smallest absolute Gasteiger partial charge is 0.220 e. The van der Waals surface area contributed by atoms with E-state index in [1.807, 2.05) is 12.1 Å². The van der Waals surface area contributed by atoms with Crippen LogP contribution < -0.4 is 5.32 Å². The van der Waals surface area contributed by atoms with E-state index in [2.05, 4.69) is 72.9 Å². The first-order valence-electron chi connectivity index (χ1n) is 9.02. The predicted octanol–water partition coefficient (Wildman–Crippen LogP) is 4.91. The molecule has 0 fully saturated rings. The standard InChI is InChI=1S/C23H25NO/c1-18(14-15-19-8-3-2-4-9-19)24-23(25)17-16-21-12-7-11-20-10-5-6-13-22(20)21/h2-13,18H,14-17H2,1H3,(H,24,25)/t18-/m1/s1. The van der Waals surface area contributed by atoms with Gasteiger partial charge in [0.05, 0.1) is 0 Å². The summed E-state index contributed by atoms with van der Waals surface area (Å²) in [7, 11) is 0. The summed E-state index contributed by atoms with van der Waals surface area (Å²) in [5.41, 5.74) is 2.56. The van der Waals surface area contributed by atoms with E-state index in [4.69, 9.17) is 0 Å². The number of hydrogen-bond donors (Lipinski definition) is 1. The van der Waals surface area contributed by atoms with E-state index < -0.39 is 0 Å². The second-order valence-corrected chi connectivity index (χ2v) is 6.63. The van der Waals surface area contributed by atoms with Gasteiger partial charge in [-0.1, -0.05) is 72.8 Å². The molecule has 0 saturated heterocycles. The van der Waals surface area contributed by atoms with Gasteiger partial charge >= 0.3 is 0 Å². The molecule has 0 aromatic heterocycles. The quantitative estimate of drug-likeness (QED) is 0.655. The Labute approximate surface area is 149 Å². The van der Waals surface area contributed by atoms with Gasteiger partial charge in [0.25, 0.3) is 0 Å². The summed E-state index contributed by atoms with van der Waals surface area (Å²) < 4.78 is 0. The zero-order chi connectivity index (χ0) is 17.5. The Hall–Kier alpha value is -2.61. The van der Waals surface area contributed by atoms with Crippen LogP contribution in [0.1, 0.15) is 30.9 Å². The highest BCUT2D eigenvalue weighted by Gasteiger charge is 2.09. The maximum Gasteiger partial charge on any atom is 0.220 e. The minimum atomic E-state index is 0.133. The van der Waals surface area contributed by atoms with Crippen LogP contribution in [0.2, 0.25) is 0 Å². The number of aryl methyl sites for hydroxylation is 2. The van der Waals surface area contributed by atoms with Crippen molar-refractivity contribution in [1.82, 2.24) is 5.32 Å². The van der Waals surface area contributed by atoms with Crippen LogP contribution in [0.5, 0.6) is 0 Å². The molecule has 1 amide bonds. The van der Waals surface area contributed by atoms with Crippen molar-refractivity contribution in [2.75, 3.05) is 0 Å². The highest BCUT2D eigenvalue weighted by Crippen LogP contribution is 2.19. The van der Waals surface area contributed by atoms with E-state index >= 15 is 0 Å². The number of hydrogen-bond acceptors (Lipinski definition) is 1. The summed E-state index contributed by atoms with van der Waals surface area (Å²) in [4.78, 5) is 12.3. The molecular weight excluding hydrogens is 306 g/mol. The molecule has 1 atom stereocenters. The lowest BCUT2D eigenvalue weighted by molar-refractivity contribution is -0.121. The summed E-state index contributed by atoms with van der Waals surface area (Å²) in [6.07, 6.45) is 3.26. The van der Waals surface area contributed by atoms with Gasteiger partial charge in [-0.15, -0.1) is 0 Å². The summed E-state index contributed by atoms with van der Waals surface area (Å²) in [6, 6.07) is 25.3. The van der Waals surface area contributed by atoms with Gasteiger partial charge in [0, 0.05) is 12.5 Å². The van der Waals surface area contributed by atoms with E-state index in [-0.39, 0.29) is 11.9 Å². The van der Waals surface area contributed by atoms with Crippen molar-refractivity contribution in [1.29, 1.82) is 0 Å². The summed E-state index contributed by atoms with van der Waals surface area (Å²) >= 11 is 0. The molecule has 3 aromatic carbocycles. The van der Waals surface area contributed by atoms with Gasteiger partial charge < -0.3 is 5.32 Å². The lowest BCUT2D eigenvalue weighted by Gasteiger charge is -2.14. The Balaban J connectivity index is 1.49. The summed E-state index contributed by atoms with van der Waals surface area (Å²) in [5.74, 6) is 0.133. The van der Waals surface area contributed by atoms with Crippen molar-refractivity contribution >= 4 is 16.7 Å². The number of nitrogens with one attached hydrogen (secondary N) is 1. The Kier molecular flexibility index (Phi) is 5.84. The lowest BCUT2D eigenvalue weighted by Crippen LogP contribution is -2.33. The lowest BCUT2D eigenvalue weighted by atomic mass is 10.0. The van der Waals surface area contributed by atoms with Crippen LogP contribution in [0.25, 0.3) is 10.8 Å². The molecule has 25 heavy (non-hydrogen) atoms. The molecule has 0 aliphatic heterocycles. The molecule has 0 saturated carbocycles. The molecule has 1 N–H and O–H groups in total. The van der Waals surface area contributed by atoms with Crippen molar-refractivity contribution in [3.8, 4) is 0 Å². The monoisotopic (exact) mass is 331 g/mol. The third kappa shape index (κ3) is 4.93. The molecule has 128 valence electrons. The van der Waals surface area contributed by atoms with E-state index in [0.717, 1.165) is 19.3 Å². The topological polar surface area (TPSA) is 29.1 Å². The van der Waals surface area contributed by atoms with Crippen LogP contribution >= 0.6 is 0 Å². The van der Waals surface area contributed by atoms with Crippen molar-refractivity contribution in [2.24, 2.45) is 0 Å². The third-order valence-corrected chi connectivity index (χ3v) is 4.62. The first-order chi connectivity index (χ1) is 12.2. The molecule has 0 radical (unpaired) electrons. The van der Waals surface area contributed by atoms with Crippen molar-refractivity contribution in [2.45, 2.75) is 38.6 Å². The average molecular weight is 331 g/mol. The number of benzene rings is 3. The maximum atomic E-state index is 12.3. The molecule has 0 spiro atoms. The molecule has 0 aliphatic rings. The van der Waals surface area contributed by atoms with Crippen molar-refractivity contribution in [3.63, 3.8) is 0 Å². The number of rotatable bonds is 7. The molecular formula is C23H25NO. The van der Waals surface area contributed by atoms with Crippen molar-refractivity contribution in [3.05, 3.63) is 83.9 Å². The normalized spacial score (nSPS) is 12.0. The first kappa shape index (κ1) is 17.2. The van der Waals surface area contributed by atoms with E-state index in [9.17, 15) is 4.79 Å². The number of amides is 1. The predicted molar refractivity (Wildman–Crippen MR) is 105 cm³/mol. The zero-order valence-electron chi connectivity index (χ0n) is 14.7. The molecule has 3 aromatic rings. The van der Waals surface area contributed by atoms with Crippen LogP contribution in [0.3, 0.4) is 0 Å². The Morgan fingerprint density at radius 1 is 0.880 bits per heavy atom. The third-order valence-electron chi connectivity index (χ3n) is 4.62. The van der Waals surface area contributed by atoms with Crippen LogP contribution in [0.4, 0.5) is 0 Å². The van der Waals surface area contributed by atoms with E-state index in [1.165, 1.54) is 21.9 Å². The summed E-state index contributed by atoms with van der Waals surface area (Å²) in [6.45, 7) is 2.08. The highest BCUT2D eigenvalue weighted by atomic mass is 16.1. The Bertz CT molecular complexity index is 820. The Morgan fingerprint density at radius 2 is 1.60 bits per heavy atom. The van der Waals surface area contributed by atoms with Crippen LogP contribution in [-0.4, -0.2) is 11.9 Å². The average Bonchev–Trinajstić information content (AvgIpc) is 2.65. The number of carbonyl (C=O) groups excluding carboxylic acids is 1. The minimum Gasteiger partial charge on any atom is -0.354 e. The largest absolute Gasteiger partial charge is 0.354 e. The molecule has 3 rings (SSSR count). The fraction of sp³-hybridized carbons (Fsp3) is 0.261. The van der Waals surface area contributed by atoms with Gasteiger partial charge in [0.15, 0.2) is 0 Å². The number of fused-ring (bicyclic) bond motifs is 1. The molecule has 0 unspecified atom stereocenters. The SMILES string of the molecule is C[C@H](CCc1ccccc1)NC(=O)CCc1cccc2ccccc12. The molecule has 2 heteroatoms. The maximum absolute atomic E-state index is 12.3. The van der Waals surface area contributed by atoms with E-state index in [0.29, 0.717) is 6.42 Å². The zero-order valence-corrected chi connectivity index (χ0v) is 14.7. The van der Waals surface area contributed by atoms with Gasteiger partial charge in [0.1, 0.15) is 0 Å². The molecule has 2 nitrogen and oxygen atoms in total. The molecule has 0 bridgehead atoms. The van der Waals surface area contributed by atoms with Crippen LogP contribution in [0, 0.1) is 0 Å². The van der Waals surface area contributed by atoms with E-state index in [1.54, 1.807) is 0 Å². The van der Waals surface area contributed by atoms with Crippen LogP contribution in [0.15, 0.2) is 72.8 Å². The van der Waals surface area contributed by atoms with Crippen LogP contribution in [-0.2, 0) is 17.6 Å². The number of carbonyl (C=O) groups is 1. The Morgan fingerprint density at radius 3 is 2.44 bits per heavy atom. The summed E-state index contributed by atoms with van der Waals surface area (Å²) in [5, 5.41) is 5.61. The fourth-order valence-electron chi connectivity index (χ4n) is 3.21. The second kappa shape index (κ2) is 8.48.